The van der Waals surface area contributed by atoms with Crippen molar-refractivity contribution in [2.45, 2.75) is 17.9 Å². The zero-order chi connectivity index (χ0) is 27.8. The minimum atomic E-state index is -4.13. The smallest absolute Gasteiger partial charge is 0.244 e. The number of carbonyl (C=O) groups excluding carboxylic acids is 1. The van der Waals surface area contributed by atoms with Gasteiger partial charge in [-0.15, -0.1) is 0 Å². The number of sulfonamides is 1. The highest BCUT2D eigenvalue weighted by Crippen LogP contribution is 2.33. The Bertz CT molecular complexity index is 1570. The number of hydrogen-bond donors (Lipinski definition) is 2. The van der Waals surface area contributed by atoms with Gasteiger partial charge in [0.15, 0.2) is 0 Å². The van der Waals surface area contributed by atoms with Crippen LogP contribution in [0.3, 0.4) is 0 Å². The fourth-order valence-electron chi connectivity index (χ4n) is 3.68. The van der Waals surface area contributed by atoms with E-state index < -0.39 is 10.0 Å². The van der Waals surface area contributed by atoms with Gasteiger partial charge in [-0.2, -0.15) is 0 Å². The largest absolute Gasteiger partial charge is 0.497 e. The molecule has 0 fully saturated rings. The Hall–Kier alpha value is -4.12. The van der Waals surface area contributed by atoms with Gasteiger partial charge in [-0.3, -0.25) is 9.78 Å². The van der Waals surface area contributed by atoms with Gasteiger partial charge in [0.25, 0.3) is 0 Å². The second-order valence-electron chi connectivity index (χ2n) is 8.30. The lowest BCUT2D eigenvalue weighted by Crippen LogP contribution is -2.24. The average molecular weight is 568 g/mol. The summed E-state index contributed by atoms with van der Waals surface area (Å²) in [5.74, 6) is 1.13. The fraction of sp³-hybridized carbons (Fsp3) is 0.143. The molecular weight excluding hydrogens is 542 g/mol. The van der Waals surface area contributed by atoms with Crippen molar-refractivity contribution in [2.24, 2.45) is 0 Å². The lowest BCUT2D eigenvalue weighted by molar-refractivity contribution is -0.115. The maximum atomic E-state index is 13.5. The molecule has 3 aromatic carbocycles. The Kier molecular flexibility index (Phi) is 9.03. The Morgan fingerprint density at radius 3 is 2.41 bits per heavy atom. The summed E-state index contributed by atoms with van der Waals surface area (Å²) in [5.41, 5.74) is 1.65. The van der Waals surface area contributed by atoms with E-state index in [0.29, 0.717) is 27.8 Å². The normalized spacial score (nSPS) is 11.1. The first-order valence-corrected chi connectivity index (χ1v) is 13.6. The Balaban J connectivity index is 1.62. The second kappa shape index (κ2) is 12.6. The maximum Gasteiger partial charge on any atom is 0.244 e. The van der Waals surface area contributed by atoms with Crippen molar-refractivity contribution < 1.29 is 27.4 Å². The van der Waals surface area contributed by atoms with E-state index in [1.165, 1.54) is 26.4 Å². The van der Waals surface area contributed by atoms with Crippen LogP contribution in [-0.4, -0.2) is 33.5 Å². The van der Waals surface area contributed by atoms with Crippen LogP contribution in [-0.2, 0) is 27.8 Å². The van der Waals surface area contributed by atoms with Gasteiger partial charge in [-0.05, 0) is 60.2 Å². The molecule has 0 aliphatic rings. The monoisotopic (exact) mass is 567 g/mol. The highest BCUT2D eigenvalue weighted by Gasteiger charge is 2.22. The standard InChI is InChI=1S/C28H26ClN3O6S/c1-36-23-8-6-20(26(17-23)37-2)18-31-39(34,35)27-16-22(32-28(33)14-19-10-12-30-13-11-19)7-9-25(27)38-24-5-3-4-21(29)15-24/h3-13,15-17,31H,14,18H2,1-2H3,(H,32,33). The van der Waals surface area contributed by atoms with Gasteiger partial charge in [0.1, 0.15) is 27.9 Å². The minimum Gasteiger partial charge on any atom is -0.497 e. The first-order valence-electron chi connectivity index (χ1n) is 11.7. The summed E-state index contributed by atoms with van der Waals surface area (Å²) in [4.78, 5) is 16.4. The third-order valence-corrected chi connectivity index (χ3v) is 7.26. The molecule has 0 bridgehead atoms. The Labute approximate surface area is 231 Å². The third kappa shape index (κ3) is 7.47. The van der Waals surface area contributed by atoms with E-state index in [2.05, 4.69) is 15.0 Å². The summed E-state index contributed by atoms with van der Waals surface area (Å²) in [6.45, 7) is -0.0647. The van der Waals surface area contributed by atoms with E-state index >= 15 is 0 Å². The van der Waals surface area contributed by atoms with Gasteiger partial charge < -0.3 is 19.5 Å². The van der Waals surface area contributed by atoms with Crippen LogP contribution in [0.2, 0.25) is 5.02 Å². The van der Waals surface area contributed by atoms with Crippen molar-refractivity contribution in [3.8, 4) is 23.0 Å². The highest BCUT2D eigenvalue weighted by molar-refractivity contribution is 7.89. The van der Waals surface area contributed by atoms with E-state index in [9.17, 15) is 13.2 Å². The number of pyridine rings is 1. The molecule has 0 spiro atoms. The summed E-state index contributed by atoms with van der Waals surface area (Å²) in [6, 6.07) is 19.5. The molecule has 0 radical (unpaired) electrons. The number of nitrogens with zero attached hydrogens (tertiary/aromatic N) is 1. The molecule has 0 aliphatic heterocycles. The predicted octanol–water partition coefficient (Wildman–Crippen LogP) is 5.20. The zero-order valence-electron chi connectivity index (χ0n) is 21.2. The van der Waals surface area contributed by atoms with Crippen LogP contribution < -0.4 is 24.2 Å². The van der Waals surface area contributed by atoms with Crippen LogP contribution >= 0.6 is 11.6 Å². The molecule has 9 nitrogen and oxygen atoms in total. The van der Waals surface area contributed by atoms with Crippen molar-refractivity contribution in [2.75, 3.05) is 19.5 Å². The minimum absolute atomic E-state index is 0.0543. The summed E-state index contributed by atoms with van der Waals surface area (Å²) >= 11 is 6.07. The van der Waals surface area contributed by atoms with Gasteiger partial charge in [0.05, 0.1) is 20.6 Å². The number of aromatic nitrogens is 1. The van der Waals surface area contributed by atoms with E-state index in [1.54, 1.807) is 73.1 Å². The number of amides is 1. The quantitative estimate of drug-likeness (QED) is 0.256. The number of halogens is 1. The van der Waals surface area contributed by atoms with Crippen molar-refractivity contribution in [1.29, 1.82) is 0 Å². The molecule has 2 N–H and O–H groups in total. The van der Waals surface area contributed by atoms with Gasteiger partial charge in [-0.25, -0.2) is 13.1 Å². The molecule has 0 atom stereocenters. The van der Waals surface area contributed by atoms with Crippen molar-refractivity contribution in [3.63, 3.8) is 0 Å². The summed E-state index contributed by atoms with van der Waals surface area (Å²) in [7, 11) is -1.11. The Morgan fingerprint density at radius 1 is 0.897 bits per heavy atom. The predicted molar refractivity (Wildman–Crippen MR) is 148 cm³/mol. The maximum absolute atomic E-state index is 13.5. The topological polar surface area (TPSA) is 116 Å². The van der Waals surface area contributed by atoms with Gasteiger partial charge in [0.2, 0.25) is 15.9 Å². The molecule has 0 aliphatic carbocycles. The summed E-state index contributed by atoms with van der Waals surface area (Å²) in [5, 5.41) is 3.18. The fourth-order valence-corrected chi connectivity index (χ4v) is 5.02. The number of methoxy groups -OCH3 is 2. The lowest BCUT2D eigenvalue weighted by Gasteiger charge is -2.16. The number of carbonyl (C=O) groups is 1. The van der Waals surface area contributed by atoms with Crippen molar-refractivity contribution in [3.05, 3.63) is 101 Å². The van der Waals surface area contributed by atoms with Crippen LogP contribution in [0.15, 0.2) is 90.1 Å². The first-order chi connectivity index (χ1) is 18.8. The molecule has 4 aromatic rings. The number of anilines is 1. The number of hydrogen-bond acceptors (Lipinski definition) is 7. The molecular formula is C28H26ClN3O6S. The molecule has 39 heavy (non-hydrogen) atoms. The number of rotatable bonds is 11. The van der Waals surface area contributed by atoms with Crippen LogP contribution in [0.1, 0.15) is 11.1 Å². The number of nitrogens with one attached hydrogen (secondary N) is 2. The highest BCUT2D eigenvalue weighted by atomic mass is 35.5. The number of ether oxygens (including phenoxy) is 3. The molecule has 1 aromatic heterocycles. The van der Waals surface area contributed by atoms with Crippen LogP contribution in [0.5, 0.6) is 23.0 Å². The molecule has 11 heteroatoms. The van der Waals surface area contributed by atoms with Crippen molar-refractivity contribution in [1.82, 2.24) is 9.71 Å². The average Bonchev–Trinajstić information content (AvgIpc) is 2.93. The van der Waals surface area contributed by atoms with Crippen molar-refractivity contribution >= 4 is 33.2 Å². The molecule has 4 rings (SSSR count). The van der Waals surface area contributed by atoms with Gasteiger partial charge in [0, 0.05) is 41.3 Å². The van der Waals surface area contributed by atoms with Crippen LogP contribution in [0.4, 0.5) is 5.69 Å². The summed E-state index contributed by atoms with van der Waals surface area (Å²) < 4.78 is 46.1. The molecule has 1 amide bonds. The molecule has 1 heterocycles. The second-order valence-corrected chi connectivity index (χ2v) is 10.5. The SMILES string of the molecule is COc1ccc(CNS(=O)(=O)c2cc(NC(=O)Cc3ccncc3)ccc2Oc2cccc(Cl)c2)c(OC)c1. The third-order valence-electron chi connectivity index (χ3n) is 5.60. The van der Waals surface area contributed by atoms with E-state index in [0.717, 1.165) is 5.56 Å². The van der Waals surface area contributed by atoms with Crippen LogP contribution in [0.25, 0.3) is 0 Å². The van der Waals surface area contributed by atoms with E-state index in [1.807, 2.05) is 0 Å². The lowest BCUT2D eigenvalue weighted by atomic mass is 10.2. The van der Waals surface area contributed by atoms with E-state index in [-0.39, 0.29) is 35.2 Å². The van der Waals surface area contributed by atoms with Gasteiger partial charge in [-0.1, -0.05) is 23.7 Å². The van der Waals surface area contributed by atoms with E-state index in [4.69, 9.17) is 25.8 Å². The zero-order valence-corrected chi connectivity index (χ0v) is 22.8. The number of benzene rings is 3. The summed E-state index contributed by atoms with van der Waals surface area (Å²) in [6.07, 6.45) is 3.29. The molecule has 0 saturated heterocycles. The first kappa shape index (κ1) is 27.9. The molecule has 202 valence electrons. The van der Waals surface area contributed by atoms with Gasteiger partial charge >= 0.3 is 0 Å². The molecule has 0 saturated carbocycles. The van der Waals surface area contributed by atoms with Crippen LogP contribution in [0, 0.1) is 0 Å². The molecule has 0 unspecified atom stereocenters. The Morgan fingerprint density at radius 2 is 1.69 bits per heavy atom.